The molecule has 0 amide bonds. The molecule has 0 radical (unpaired) electrons. The first kappa shape index (κ1) is 17.0. The number of nitrogens with zero attached hydrogens (tertiary/aromatic N) is 3. The molecule has 0 unspecified atom stereocenters. The van der Waals surface area contributed by atoms with E-state index >= 15 is 0 Å². The van der Waals surface area contributed by atoms with Gasteiger partial charge < -0.3 is 10.6 Å². The van der Waals surface area contributed by atoms with Crippen LogP contribution in [0.2, 0.25) is 0 Å². The number of hydrogen-bond acceptors (Lipinski definition) is 4. The van der Waals surface area contributed by atoms with Crippen LogP contribution in [0.3, 0.4) is 0 Å². The van der Waals surface area contributed by atoms with Gasteiger partial charge in [0.05, 0.1) is 23.6 Å². The Balaban J connectivity index is 1.70. The molecule has 4 heterocycles. The summed E-state index contributed by atoms with van der Waals surface area (Å²) in [6.07, 6.45) is 3.06. The second kappa shape index (κ2) is 6.36. The minimum atomic E-state index is -0.898. The summed E-state index contributed by atoms with van der Waals surface area (Å²) in [5.41, 5.74) is 3.91. The first-order valence-electron chi connectivity index (χ1n) is 8.98. The molecule has 3 aromatic rings. The van der Waals surface area contributed by atoms with E-state index in [4.69, 9.17) is 0 Å². The maximum absolute atomic E-state index is 13.8. The minimum absolute atomic E-state index is 0.0537. The van der Waals surface area contributed by atoms with Gasteiger partial charge in [-0.05, 0) is 29.2 Å². The summed E-state index contributed by atoms with van der Waals surface area (Å²) >= 11 is 0. The minimum Gasteiger partial charge on any atom is -0.363 e. The van der Waals surface area contributed by atoms with Crippen molar-refractivity contribution in [1.29, 1.82) is 0 Å². The molecule has 2 atom stereocenters. The molecule has 1 fully saturated rings. The Morgan fingerprint density at radius 1 is 1.19 bits per heavy atom. The van der Waals surface area contributed by atoms with Crippen molar-refractivity contribution in [1.82, 2.24) is 19.7 Å². The van der Waals surface area contributed by atoms with Gasteiger partial charge >= 0.3 is 0 Å². The van der Waals surface area contributed by atoms with Gasteiger partial charge in [-0.1, -0.05) is 32.9 Å². The van der Waals surface area contributed by atoms with E-state index in [1.165, 1.54) is 5.56 Å². The van der Waals surface area contributed by atoms with Crippen LogP contribution in [0, 0.1) is 0 Å². The Kier molecular flexibility index (Phi) is 4.15. The smallest absolute Gasteiger partial charge is 0.137 e. The molecule has 136 valence electrons. The van der Waals surface area contributed by atoms with Gasteiger partial charge in [-0.3, -0.25) is 4.40 Å². The zero-order chi connectivity index (χ0) is 18.3. The third-order valence-corrected chi connectivity index (χ3v) is 4.86. The first-order chi connectivity index (χ1) is 12.4. The monoisotopic (exact) mass is 353 g/mol. The topological polar surface area (TPSA) is 54.2 Å². The number of alkyl halides is 1. The van der Waals surface area contributed by atoms with Gasteiger partial charge in [0, 0.05) is 19.3 Å². The number of pyridine rings is 2. The molecule has 26 heavy (non-hydrogen) atoms. The third-order valence-electron chi connectivity index (χ3n) is 4.86. The molecule has 1 aliphatic heterocycles. The van der Waals surface area contributed by atoms with Gasteiger partial charge in [0.1, 0.15) is 17.6 Å². The number of imidazole rings is 1. The fourth-order valence-electron chi connectivity index (χ4n) is 3.25. The molecule has 0 aliphatic carbocycles. The van der Waals surface area contributed by atoms with E-state index in [0.29, 0.717) is 18.9 Å². The van der Waals surface area contributed by atoms with Crippen LogP contribution in [-0.4, -0.2) is 39.7 Å². The van der Waals surface area contributed by atoms with Crippen LogP contribution in [0.15, 0.2) is 42.7 Å². The summed E-state index contributed by atoms with van der Waals surface area (Å²) in [5, 5.41) is 6.25. The van der Waals surface area contributed by atoms with Crippen molar-refractivity contribution >= 4 is 11.5 Å². The Morgan fingerprint density at radius 3 is 2.77 bits per heavy atom. The standard InChI is InChI=1S/C20H24FN5/c1-20(2,3)13-7-8-19-23-11-17(26(19)12-13)15-5-4-6-18(24-15)25-16-10-22-9-14(16)21/h4-8,11-12,14,16,22H,9-10H2,1-3H3,(H,24,25)/t14-,16-/m0/s1. The van der Waals surface area contributed by atoms with Crippen LogP contribution in [-0.2, 0) is 5.41 Å². The molecule has 1 aliphatic rings. The Bertz CT molecular complexity index is 927. The third kappa shape index (κ3) is 3.17. The highest BCUT2D eigenvalue weighted by molar-refractivity contribution is 5.62. The van der Waals surface area contributed by atoms with Crippen molar-refractivity contribution in [3.63, 3.8) is 0 Å². The Labute approximate surface area is 152 Å². The quantitative estimate of drug-likeness (QED) is 0.758. The SMILES string of the molecule is CC(C)(C)c1ccc2ncc(-c3cccc(N[C@H]4CNC[C@@H]4F)n3)n2c1. The van der Waals surface area contributed by atoms with Crippen molar-refractivity contribution in [3.8, 4) is 11.4 Å². The summed E-state index contributed by atoms with van der Waals surface area (Å²) in [5.74, 6) is 0.681. The van der Waals surface area contributed by atoms with E-state index in [2.05, 4.69) is 58.0 Å². The summed E-state index contributed by atoms with van der Waals surface area (Å²) in [4.78, 5) is 9.18. The van der Waals surface area contributed by atoms with E-state index in [1.807, 2.05) is 30.5 Å². The molecule has 0 saturated carbocycles. The second-order valence-corrected chi connectivity index (χ2v) is 7.87. The molecular formula is C20H24FN5. The molecule has 3 aromatic heterocycles. The summed E-state index contributed by atoms with van der Waals surface area (Å²) < 4.78 is 15.9. The number of rotatable bonds is 3. The fraction of sp³-hybridized carbons (Fsp3) is 0.400. The lowest BCUT2D eigenvalue weighted by Gasteiger charge is -2.19. The molecule has 0 aromatic carbocycles. The second-order valence-electron chi connectivity index (χ2n) is 7.87. The van der Waals surface area contributed by atoms with E-state index in [-0.39, 0.29) is 11.5 Å². The molecule has 2 N–H and O–H groups in total. The number of aromatic nitrogens is 3. The maximum atomic E-state index is 13.8. The van der Waals surface area contributed by atoms with Gasteiger partial charge in [-0.15, -0.1) is 0 Å². The largest absolute Gasteiger partial charge is 0.363 e. The van der Waals surface area contributed by atoms with Crippen molar-refractivity contribution < 1.29 is 4.39 Å². The van der Waals surface area contributed by atoms with E-state index in [1.54, 1.807) is 0 Å². The van der Waals surface area contributed by atoms with Crippen LogP contribution in [0.5, 0.6) is 0 Å². The van der Waals surface area contributed by atoms with Crippen molar-refractivity contribution in [2.45, 2.75) is 38.4 Å². The van der Waals surface area contributed by atoms with Gasteiger partial charge in [-0.25, -0.2) is 14.4 Å². The van der Waals surface area contributed by atoms with Crippen LogP contribution in [0.25, 0.3) is 17.0 Å². The molecular weight excluding hydrogens is 329 g/mol. The molecule has 0 spiro atoms. The Hall–Kier alpha value is -2.47. The van der Waals surface area contributed by atoms with Crippen molar-refractivity contribution in [2.24, 2.45) is 0 Å². The lowest BCUT2D eigenvalue weighted by Crippen LogP contribution is -2.29. The maximum Gasteiger partial charge on any atom is 0.137 e. The molecule has 0 bridgehead atoms. The van der Waals surface area contributed by atoms with Crippen LogP contribution in [0.4, 0.5) is 10.2 Å². The van der Waals surface area contributed by atoms with Crippen LogP contribution >= 0.6 is 0 Å². The zero-order valence-corrected chi connectivity index (χ0v) is 15.3. The number of fused-ring (bicyclic) bond motifs is 1. The molecule has 6 heteroatoms. The number of anilines is 1. The van der Waals surface area contributed by atoms with Crippen molar-refractivity contribution in [2.75, 3.05) is 18.4 Å². The highest BCUT2D eigenvalue weighted by Crippen LogP contribution is 2.26. The van der Waals surface area contributed by atoms with E-state index in [0.717, 1.165) is 17.0 Å². The van der Waals surface area contributed by atoms with Crippen LogP contribution < -0.4 is 10.6 Å². The lowest BCUT2D eigenvalue weighted by molar-refractivity contribution is 0.342. The highest BCUT2D eigenvalue weighted by Gasteiger charge is 2.26. The number of nitrogens with one attached hydrogen (secondary N) is 2. The summed E-state index contributed by atoms with van der Waals surface area (Å²) in [6.45, 7) is 7.57. The van der Waals surface area contributed by atoms with Crippen molar-refractivity contribution in [3.05, 3.63) is 48.3 Å². The molecule has 1 saturated heterocycles. The first-order valence-corrected chi connectivity index (χ1v) is 8.98. The zero-order valence-electron chi connectivity index (χ0n) is 15.3. The fourth-order valence-corrected chi connectivity index (χ4v) is 3.25. The van der Waals surface area contributed by atoms with Crippen LogP contribution in [0.1, 0.15) is 26.3 Å². The lowest BCUT2D eigenvalue weighted by atomic mass is 9.88. The van der Waals surface area contributed by atoms with Gasteiger partial charge in [0.2, 0.25) is 0 Å². The molecule has 5 nitrogen and oxygen atoms in total. The summed E-state index contributed by atoms with van der Waals surface area (Å²) in [7, 11) is 0. The predicted molar refractivity (Wildman–Crippen MR) is 102 cm³/mol. The predicted octanol–water partition coefficient (Wildman–Crippen LogP) is 3.42. The van der Waals surface area contributed by atoms with E-state index in [9.17, 15) is 4.39 Å². The summed E-state index contributed by atoms with van der Waals surface area (Å²) in [6, 6.07) is 9.67. The number of halogens is 1. The van der Waals surface area contributed by atoms with Gasteiger partial charge in [-0.2, -0.15) is 0 Å². The van der Waals surface area contributed by atoms with Gasteiger partial charge in [0.15, 0.2) is 0 Å². The van der Waals surface area contributed by atoms with E-state index < -0.39 is 6.17 Å². The normalized spacial score (nSPS) is 20.6. The Morgan fingerprint density at radius 2 is 2.04 bits per heavy atom. The van der Waals surface area contributed by atoms with Gasteiger partial charge in [0.25, 0.3) is 0 Å². The molecule has 4 rings (SSSR count). The average Bonchev–Trinajstić information content (AvgIpc) is 3.20. The number of hydrogen-bond donors (Lipinski definition) is 2. The average molecular weight is 353 g/mol. The highest BCUT2D eigenvalue weighted by atomic mass is 19.1.